The third-order valence-corrected chi connectivity index (χ3v) is 1.56. The number of aliphatic hydroxyl groups is 2. The SMILES string of the molecule is COCCOCC(O)CNCC(C)O. The highest BCUT2D eigenvalue weighted by Crippen LogP contribution is 1.85. The lowest BCUT2D eigenvalue weighted by Gasteiger charge is -2.12. The second-order valence-corrected chi connectivity index (χ2v) is 3.23. The summed E-state index contributed by atoms with van der Waals surface area (Å²) in [6.07, 6.45) is -0.929. The Morgan fingerprint density at radius 2 is 1.93 bits per heavy atom. The van der Waals surface area contributed by atoms with Crippen LogP contribution in [0.3, 0.4) is 0 Å². The zero-order chi connectivity index (χ0) is 10.8. The first kappa shape index (κ1) is 13.8. The number of ether oxygens (including phenoxy) is 2. The van der Waals surface area contributed by atoms with E-state index in [1.807, 2.05) is 0 Å². The van der Waals surface area contributed by atoms with Gasteiger partial charge in [-0.1, -0.05) is 0 Å². The fourth-order valence-electron chi connectivity index (χ4n) is 0.879. The van der Waals surface area contributed by atoms with Crippen molar-refractivity contribution in [3.05, 3.63) is 0 Å². The van der Waals surface area contributed by atoms with Gasteiger partial charge in [0.2, 0.25) is 0 Å². The number of hydrogen-bond donors (Lipinski definition) is 3. The lowest BCUT2D eigenvalue weighted by molar-refractivity contribution is 0.0130. The van der Waals surface area contributed by atoms with E-state index in [1.165, 1.54) is 0 Å². The van der Waals surface area contributed by atoms with Gasteiger partial charge < -0.3 is 25.0 Å². The minimum Gasteiger partial charge on any atom is -0.392 e. The van der Waals surface area contributed by atoms with Gasteiger partial charge in [-0.05, 0) is 6.92 Å². The highest BCUT2D eigenvalue weighted by atomic mass is 16.5. The molecule has 5 heteroatoms. The standard InChI is InChI=1S/C9H21NO4/c1-8(11)5-10-6-9(12)7-14-4-3-13-2/h8-12H,3-7H2,1-2H3. The minimum absolute atomic E-state index is 0.288. The zero-order valence-electron chi connectivity index (χ0n) is 8.90. The predicted molar refractivity (Wildman–Crippen MR) is 53.3 cm³/mol. The van der Waals surface area contributed by atoms with Crippen LogP contribution in [-0.2, 0) is 9.47 Å². The van der Waals surface area contributed by atoms with Crippen molar-refractivity contribution in [2.45, 2.75) is 19.1 Å². The molecular weight excluding hydrogens is 186 g/mol. The van der Waals surface area contributed by atoms with E-state index < -0.39 is 12.2 Å². The number of methoxy groups -OCH3 is 1. The second kappa shape index (κ2) is 9.36. The highest BCUT2D eigenvalue weighted by Gasteiger charge is 2.04. The van der Waals surface area contributed by atoms with Crippen molar-refractivity contribution in [2.75, 3.05) is 40.0 Å². The molecule has 0 aliphatic carbocycles. The molecule has 0 amide bonds. The number of rotatable bonds is 9. The molecule has 0 rings (SSSR count). The monoisotopic (exact) mass is 207 g/mol. The van der Waals surface area contributed by atoms with Gasteiger partial charge in [0.25, 0.3) is 0 Å². The summed E-state index contributed by atoms with van der Waals surface area (Å²) in [5, 5.41) is 21.2. The number of hydrogen-bond acceptors (Lipinski definition) is 5. The Labute approximate surface area is 85.0 Å². The van der Waals surface area contributed by atoms with Gasteiger partial charge in [0.05, 0.1) is 32.0 Å². The molecule has 0 fully saturated rings. The van der Waals surface area contributed by atoms with Crippen molar-refractivity contribution < 1.29 is 19.7 Å². The average molecular weight is 207 g/mol. The van der Waals surface area contributed by atoms with Crippen LogP contribution < -0.4 is 5.32 Å². The van der Waals surface area contributed by atoms with Crippen LogP contribution in [0, 0.1) is 0 Å². The van der Waals surface area contributed by atoms with E-state index in [1.54, 1.807) is 14.0 Å². The molecule has 3 N–H and O–H groups in total. The first-order chi connectivity index (χ1) is 6.66. The third kappa shape index (κ3) is 9.88. The molecule has 0 aromatic carbocycles. The molecule has 14 heavy (non-hydrogen) atoms. The average Bonchev–Trinajstić information content (AvgIpc) is 2.12. The Hall–Kier alpha value is -0.200. The second-order valence-electron chi connectivity index (χ2n) is 3.23. The van der Waals surface area contributed by atoms with Gasteiger partial charge in [-0.3, -0.25) is 0 Å². The maximum absolute atomic E-state index is 9.35. The van der Waals surface area contributed by atoms with Crippen molar-refractivity contribution in [3.8, 4) is 0 Å². The summed E-state index contributed by atoms with van der Waals surface area (Å²) in [4.78, 5) is 0. The van der Waals surface area contributed by atoms with Gasteiger partial charge >= 0.3 is 0 Å². The Morgan fingerprint density at radius 3 is 2.50 bits per heavy atom. The summed E-state index contributed by atoms with van der Waals surface area (Å²) in [6, 6.07) is 0. The zero-order valence-corrected chi connectivity index (χ0v) is 8.90. The van der Waals surface area contributed by atoms with E-state index in [0.29, 0.717) is 26.3 Å². The van der Waals surface area contributed by atoms with E-state index in [2.05, 4.69) is 5.32 Å². The van der Waals surface area contributed by atoms with Crippen LogP contribution in [0.1, 0.15) is 6.92 Å². The summed E-state index contributed by atoms with van der Waals surface area (Å²) in [5.41, 5.74) is 0. The summed E-state index contributed by atoms with van der Waals surface area (Å²) in [7, 11) is 1.60. The van der Waals surface area contributed by atoms with E-state index in [-0.39, 0.29) is 6.61 Å². The quantitative estimate of drug-likeness (QED) is 0.422. The Morgan fingerprint density at radius 1 is 1.21 bits per heavy atom. The summed E-state index contributed by atoms with van der Waals surface area (Å²) in [5.74, 6) is 0. The van der Waals surface area contributed by atoms with Crippen LogP contribution in [0.25, 0.3) is 0 Å². The van der Waals surface area contributed by atoms with Crippen LogP contribution >= 0.6 is 0 Å². The molecule has 0 aromatic heterocycles. The lowest BCUT2D eigenvalue weighted by atomic mass is 10.3. The molecule has 0 aliphatic rings. The third-order valence-electron chi connectivity index (χ3n) is 1.56. The maximum atomic E-state index is 9.35. The number of aliphatic hydroxyl groups excluding tert-OH is 2. The van der Waals surface area contributed by atoms with E-state index in [0.717, 1.165) is 0 Å². The predicted octanol–water partition coefficient (Wildman–Crippen LogP) is -1.02. The molecule has 5 nitrogen and oxygen atoms in total. The van der Waals surface area contributed by atoms with E-state index in [9.17, 15) is 5.11 Å². The maximum Gasteiger partial charge on any atom is 0.0897 e. The molecule has 0 bridgehead atoms. The van der Waals surface area contributed by atoms with Crippen LogP contribution in [0.2, 0.25) is 0 Å². The van der Waals surface area contributed by atoms with Crippen molar-refractivity contribution in [1.29, 1.82) is 0 Å². The van der Waals surface area contributed by atoms with Crippen molar-refractivity contribution >= 4 is 0 Å². The van der Waals surface area contributed by atoms with E-state index in [4.69, 9.17) is 14.6 Å². The fourth-order valence-corrected chi connectivity index (χ4v) is 0.879. The normalized spacial score (nSPS) is 15.4. The molecule has 0 radical (unpaired) electrons. The van der Waals surface area contributed by atoms with Gasteiger partial charge in [0, 0.05) is 20.2 Å². The number of nitrogens with one attached hydrogen (secondary N) is 1. The molecule has 0 saturated carbocycles. The molecule has 2 atom stereocenters. The van der Waals surface area contributed by atoms with Crippen molar-refractivity contribution in [2.24, 2.45) is 0 Å². The summed E-state index contributed by atoms with van der Waals surface area (Å²) >= 11 is 0. The van der Waals surface area contributed by atoms with Crippen molar-refractivity contribution in [3.63, 3.8) is 0 Å². The van der Waals surface area contributed by atoms with Crippen LogP contribution in [0.5, 0.6) is 0 Å². The molecule has 86 valence electrons. The first-order valence-electron chi connectivity index (χ1n) is 4.80. The van der Waals surface area contributed by atoms with Crippen molar-refractivity contribution in [1.82, 2.24) is 5.32 Å². The molecule has 0 heterocycles. The van der Waals surface area contributed by atoms with Crippen LogP contribution in [0.15, 0.2) is 0 Å². The van der Waals surface area contributed by atoms with E-state index >= 15 is 0 Å². The summed E-state index contributed by atoms with van der Waals surface area (Å²) in [6.45, 7) is 3.91. The minimum atomic E-state index is -0.536. The first-order valence-corrected chi connectivity index (χ1v) is 4.80. The van der Waals surface area contributed by atoms with Gasteiger partial charge in [0.1, 0.15) is 0 Å². The molecule has 0 spiro atoms. The molecule has 2 unspecified atom stereocenters. The molecule has 0 aromatic rings. The largest absolute Gasteiger partial charge is 0.392 e. The van der Waals surface area contributed by atoms with Gasteiger partial charge in [-0.2, -0.15) is 0 Å². The molecule has 0 aliphatic heterocycles. The molecular formula is C9H21NO4. The van der Waals surface area contributed by atoms with Gasteiger partial charge in [0.15, 0.2) is 0 Å². The highest BCUT2D eigenvalue weighted by molar-refractivity contribution is 4.60. The summed E-state index contributed by atoms with van der Waals surface area (Å²) < 4.78 is 9.90. The topological polar surface area (TPSA) is 71.0 Å². The van der Waals surface area contributed by atoms with Crippen LogP contribution in [-0.4, -0.2) is 62.4 Å². The Bertz CT molecular complexity index is 121. The fraction of sp³-hybridized carbons (Fsp3) is 1.00. The Kier molecular flexibility index (Phi) is 9.23. The van der Waals surface area contributed by atoms with Gasteiger partial charge in [-0.25, -0.2) is 0 Å². The smallest absolute Gasteiger partial charge is 0.0897 e. The van der Waals surface area contributed by atoms with Crippen LogP contribution in [0.4, 0.5) is 0 Å². The Balaban J connectivity index is 3.15. The lowest BCUT2D eigenvalue weighted by Crippen LogP contribution is -2.34. The molecule has 0 saturated heterocycles. The van der Waals surface area contributed by atoms with Gasteiger partial charge in [-0.15, -0.1) is 0 Å².